The van der Waals surface area contributed by atoms with Gasteiger partial charge in [-0.05, 0) is 59.2 Å². The van der Waals surface area contributed by atoms with Crippen molar-refractivity contribution in [3.05, 3.63) is 125 Å². The van der Waals surface area contributed by atoms with Crippen LogP contribution in [0.4, 0.5) is 0 Å². The van der Waals surface area contributed by atoms with Crippen molar-refractivity contribution in [3.63, 3.8) is 0 Å². The first kappa shape index (κ1) is 25.7. The third-order valence-corrected chi connectivity index (χ3v) is 6.95. The molecule has 4 aliphatic rings. The lowest BCUT2D eigenvalue weighted by molar-refractivity contribution is -0.114. The highest BCUT2D eigenvalue weighted by Crippen LogP contribution is 2.50. The average molecular weight is 525 g/mol. The van der Waals surface area contributed by atoms with Crippen LogP contribution in [0.1, 0.15) is 22.6 Å². The second-order valence-corrected chi connectivity index (χ2v) is 9.48. The zero-order valence-electron chi connectivity index (χ0n) is 20.6. The Morgan fingerprint density at radius 3 is 2.33 bits per heavy atom. The van der Waals surface area contributed by atoms with Gasteiger partial charge in [0.25, 0.3) is 0 Å². The van der Waals surface area contributed by atoms with Gasteiger partial charge in [0, 0.05) is 29.1 Å². The molecule has 1 heterocycles. The molecular formula is C31H24O8. The van der Waals surface area contributed by atoms with Gasteiger partial charge in [-0.1, -0.05) is 36.4 Å². The van der Waals surface area contributed by atoms with Gasteiger partial charge in [-0.2, -0.15) is 0 Å². The van der Waals surface area contributed by atoms with Crippen LogP contribution in [0.5, 0.6) is 11.5 Å². The van der Waals surface area contributed by atoms with E-state index in [2.05, 4.69) is 6.58 Å². The van der Waals surface area contributed by atoms with Crippen LogP contribution in [0.15, 0.2) is 108 Å². The summed E-state index contributed by atoms with van der Waals surface area (Å²) in [7, 11) is 0. The predicted molar refractivity (Wildman–Crippen MR) is 142 cm³/mol. The number of carbonyl (C=O) groups excluding carboxylic acids is 3. The molecule has 0 saturated carbocycles. The van der Waals surface area contributed by atoms with Crippen molar-refractivity contribution in [3.8, 4) is 11.5 Å². The number of aliphatic hydroxyl groups excluding tert-OH is 1. The molecule has 2 aromatic carbocycles. The van der Waals surface area contributed by atoms with Crippen molar-refractivity contribution < 1.29 is 39.5 Å². The predicted octanol–water partition coefficient (Wildman–Crippen LogP) is 3.67. The van der Waals surface area contributed by atoms with E-state index < -0.39 is 17.1 Å². The van der Waals surface area contributed by atoms with E-state index in [1.165, 1.54) is 42.5 Å². The fraction of sp³-hybridized carbons (Fsp3) is 0.129. The first-order chi connectivity index (χ1) is 18.6. The molecule has 3 aliphatic carbocycles. The van der Waals surface area contributed by atoms with E-state index in [1.807, 2.05) is 30.3 Å². The molecule has 39 heavy (non-hydrogen) atoms. The SMILES string of the molecule is C=CC(C1=CC(=O)C=CC1=O)c1ccccc1.O=C1C=CC2=C3c4cc(O)c(O)cc4CC3(O)COC2=C1O. The Morgan fingerprint density at radius 2 is 1.62 bits per heavy atom. The number of allylic oxidation sites excluding steroid dienone is 7. The fourth-order valence-electron chi connectivity index (χ4n) is 5.13. The average Bonchev–Trinajstić information content (AvgIpc) is 3.21. The number of rotatable bonds is 3. The Kier molecular flexibility index (Phi) is 6.41. The first-order valence-corrected chi connectivity index (χ1v) is 12.1. The summed E-state index contributed by atoms with van der Waals surface area (Å²) in [5.74, 6) is -2.08. The zero-order valence-corrected chi connectivity index (χ0v) is 20.6. The van der Waals surface area contributed by atoms with E-state index in [0.29, 0.717) is 27.8 Å². The molecule has 1 aliphatic heterocycles. The molecule has 0 bridgehead atoms. The monoisotopic (exact) mass is 524 g/mol. The van der Waals surface area contributed by atoms with Crippen molar-refractivity contribution in [1.82, 2.24) is 0 Å². The Hall–Kier alpha value is -4.95. The molecule has 2 unspecified atom stereocenters. The summed E-state index contributed by atoms with van der Waals surface area (Å²) in [6, 6.07) is 12.3. The zero-order chi connectivity index (χ0) is 27.9. The second kappa shape index (κ2) is 9.74. The van der Waals surface area contributed by atoms with E-state index in [1.54, 1.807) is 6.08 Å². The fourth-order valence-corrected chi connectivity index (χ4v) is 5.13. The summed E-state index contributed by atoms with van der Waals surface area (Å²) in [4.78, 5) is 34.6. The van der Waals surface area contributed by atoms with Gasteiger partial charge >= 0.3 is 0 Å². The molecular weight excluding hydrogens is 500 g/mol. The molecule has 2 atom stereocenters. The number of ether oxygens (including phenoxy) is 1. The van der Waals surface area contributed by atoms with E-state index in [0.717, 1.165) is 5.56 Å². The van der Waals surface area contributed by atoms with Crippen molar-refractivity contribution in [2.45, 2.75) is 17.9 Å². The Morgan fingerprint density at radius 1 is 0.923 bits per heavy atom. The van der Waals surface area contributed by atoms with Crippen LogP contribution in [0.25, 0.3) is 5.57 Å². The number of fused-ring (bicyclic) bond motifs is 4. The smallest absolute Gasteiger partial charge is 0.224 e. The number of ketones is 3. The van der Waals surface area contributed by atoms with Gasteiger partial charge in [-0.25, -0.2) is 0 Å². The van der Waals surface area contributed by atoms with Crippen molar-refractivity contribution in [2.24, 2.45) is 0 Å². The van der Waals surface area contributed by atoms with E-state index in [9.17, 15) is 34.8 Å². The van der Waals surface area contributed by atoms with Crippen LogP contribution >= 0.6 is 0 Å². The highest BCUT2D eigenvalue weighted by molar-refractivity contribution is 6.18. The van der Waals surface area contributed by atoms with Gasteiger partial charge in [-0.15, -0.1) is 6.58 Å². The van der Waals surface area contributed by atoms with Crippen molar-refractivity contribution >= 4 is 22.9 Å². The summed E-state index contributed by atoms with van der Waals surface area (Å²) < 4.78 is 5.40. The largest absolute Gasteiger partial charge is 0.504 e. The topological polar surface area (TPSA) is 141 Å². The lowest BCUT2D eigenvalue weighted by atomic mass is 9.85. The van der Waals surface area contributed by atoms with E-state index in [4.69, 9.17) is 4.74 Å². The molecule has 0 radical (unpaired) electrons. The minimum absolute atomic E-state index is 0.0348. The lowest BCUT2D eigenvalue weighted by Crippen LogP contribution is -2.39. The molecule has 196 valence electrons. The number of hydrogen-bond donors (Lipinski definition) is 4. The maximum Gasteiger partial charge on any atom is 0.224 e. The number of phenolic OH excluding ortho intramolecular Hbond substituents is 2. The van der Waals surface area contributed by atoms with Crippen molar-refractivity contribution in [2.75, 3.05) is 6.61 Å². The summed E-state index contributed by atoms with van der Waals surface area (Å²) in [6.45, 7) is 3.62. The molecule has 8 heteroatoms. The van der Waals surface area contributed by atoms with Gasteiger partial charge < -0.3 is 25.2 Å². The quantitative estimate of drug-likeness (QED) is 0.271. The minimum atomic E-state index is -1.33. The molecule has 0 spiro atoms. The molecule has 0 aromatic heterocycles. The maximum atomic E-state index is 11.8. The van der Waals surface area contributed by atoms with Gasteiger partial charge in [-0.3, -0.25) is 14.4 Å². The van der Waals surface area contributed by atoms with Crippen LogP contribution in [0, 0.1) is 0 Å². The standard InChI is InChI=1S/C16H12O6.C15H12O2/c17-10-2-1-8-13-9-4-12(19)11(18)3-7(9)5-16(13,21)6-22-15(8)14(10)20;1-2-13(11-6-4-3-5-7-11)14-10-12(16)8-9-15(14)17/h1-4,18-21H,5-6H2;2-10,13H,1H2. The number of hydrogen-bond acceptors (Lipinski definition) is 8. The number of benzene rings is 2. The highest BCUT2D eigenvalue weighted by Gasteiger charge is 2.47. The molecule has 2 aromatic rings. The molecule has 6 rings (SSSR count). The van der Waals surface area contributed by atoms with Crippen LogP contribution < -0.4 is 0 Å². The molecule has 0 saturated heterocycles. The van der Waals surface area contributed by atoms with Crippen LogP contribution in [0.3, 0.4) is 0 Å². The Balaban J connectivity index is 0.000000164. The van der Waals surface area contributed by atoms with Gasteiger partial charge in [0.05, 0.1) is 0 Å². The van der Waals surface area contributed by atoms with Gasteiger partial charge in [0.1, 0.15) is 12.2 Å². The van der Waals surface area contributed by atoms with Crippen LogP contribution in [0.2, 0.25) is 0 Å². The minimum Gasteiger partial charge on any atom is -0.504 e. The Labute approximate surface area is 223 Å². The maximum absolute atomic E-state index is 11.8. The summed E-state index contributed by atoms with van der Waals surface area (Å²) in [6.07, 6.45) is 8.58. The van der Waals surface area contributed by atoms with E-state index in [-0.39, 0.29) is 47.8 Å². The molecule has 0 fully saturated rings. The number of aliphatic hydroxyl groups is 2. The highest BCUT2D eigenvalue weighted by atomic mass is 16.5. The normalized spacial score (nSPS) is 21.8. The van der Waals surface area contributed by atoms with Gasteiger partial charge in [0.2, 0.25) is 11.5 Å². The van der Waals surface area contributed by atoms with E-state index >= 15 is 0 Å². The van der Waals surface area contributed by atoms with Crippen molar-refractivity contribution in [1.29, 1.82) is 0 Å². The number of phenols is 2. The third-order valence-electron chi connectivity index (χ3n) is 6.95. The number of carbonyl (C=O) groups is 3. The molecule has 8 nitrogen and oxygen atoms in total. The number of aromatic hydroxyl groups is 2. The molecule has 0 amide bonds. The Bertz CT molecular complexity index is 1590. The second-order valence-electron chi connectivity index (χ2n) is 9.48. The third kappa shape index (κ3) is 4.51. The van der Waals surface area contributed by atoms with Crippen LogP contribution in [-0.2, 0) is 25.5 Å². The van der Waals surface area contributed by atoms with Crippen LogP contribution in [-0.4, -0.2) is 50.0 Å². The summed E-state index contributed by atoms with van der Waals surface area (Å²) in [5, 5.41) is 40.1. The lowest BCUT2D eigenvalue weighted by Gasteiger charge is -2.33. The first-order valence-electron chi connectivity index (χ1n) is 12.1. The summed E-state index contributed by atoms with van der Waals surface area (Å²) >= 11 is 0. The molecule has 4 N–H and O–H groups in total. The van der Waals surface area contributed by atoms with Gasteiger partial charge in [0.15, 0.2) is 28.8 Å². The summed E-state index contributed by atoms with van der Waals surface area (Å²) in [5.41, 5.74) is 2.25.